The molecule has 0 aromatic heterocycles. The Morgan fingerprint density at radius 2 is 1.47 bits per heavy atom. The fourth-order valence-electron chi connectivity index (χ4n) is 3.99. The third-order valence-corrected chi connectivity index (χ3v) is 6.94. The van der Waals surface area contributed by atoms with Crippen molar-refractivity contribution in [1.82, 2.24) is 9.13 Å². The molecule has 0 saturated heterocycles. The smallest absolute Gasteiger partial charge is 0.336 e. The molecule has 0 saturated carbocycles. The van der Waals surface area contributed by atoms with Crippen LogP contribution in [0.25, 0.3) is 38.6 Å². The maximum Gasteiger partial charge on any atom is 0.336 e. The molecule has 2 aliphatic heterocycles. The van der Waals surface area contributed by atoms with Crippen LogP contribution in [0.4, 0.5) is 5.69 Å². The number of thiazole rings is 1. The highest BCUT2D eigenvalue weighted by Crippen LogP contribution is 2.34. The van der Waals surface area contributed by atoms with E-state index in [1.54, 1.807) is 11.3 Å². The van der Waals surface area contributed by atoms with E-state index < -0.39 is 0 Å². The average molecular weight is 439 g/mol. The molecule has 0 N–H and O–H groups in total. The summed E-state index contributed by atoms with van der Waals surface area (Å²) in [6.07, 6.45) is 4.22. The predicted molar refractivity (Wildman–Crippen MR) is 137 cm³/mol. The zero-order valence-corrected chi connectivity index (χ0v) is 19.1. The molecule has 0 bridgehead atoms. The summed E-state index contributed by atoms with van der Waals surface area (Å²) in [5, 5.41) is 0.941. The Hall–Kier alpha value is -3.70. The highest BCUT2D eigenvalue weighted by atomic mass is 32.1. The van der Waals surface area contributed by atoms with Crippen molar-refractivity contribution in [2.75, 3.05) is 19.0 Å². The Bertz CT molecular complexity index is 1460. The molecular formula is C27H24N3OS+. The summed E-state index contributed by atoms with van der Waals surface area (Å²) in [6, 6.07) is 26.4. The molecule has 3 aromatic rings. The Labute approximate surface area is 191 Å². The monoisotopic (exact) mass is 438 g/mol. The lowest BCUT2D eigenvalue weighted by Gasteiger charge is -2.13. The predicted octanol–water partition coefficient (Wildman–Crippen LogP) is 6.01. The summed E-state index contributed by atoms with van der Waals surface area (Å²) in [4.78, 5) is 16.4. The molecule has 158 valence electrons. The van der Waals surface area contributed by atoms with Gasteiger partial charge in [0.2, 0.25) is 0 Å². The molecule has 0 unspecified atom stereocenters. The van der Waals surface area contributed by atoms with Crippen molar-refractivity contribution in [3.63, 3.8) is 0 Å². The van der Waals surface area contributed by atoms with Crippen LogP contribution in [0.15, 0.2) is 83.7 Å². The topological polar surface area (TPSA) is 30.2 Å². The maximum atomic E-state index is 13.5. The van der Waals surface area contributed by atoms with Gasteiger partial charge in [0.05, 0.1) is 11.0 Å². The van der Waals surface area contributed by atoms with Gasteiger partial charge in [0.15, 0.2) is 0 Å². The van der Waals surface area contributed by atoms with E-state index in [9.17, 15) is 4.79 Å². The van der Waals surface area contributed by atoms with Gasteiger partial charge >= 0.3 is 15.4 Å². The number of hydrogen-bond acceptors (Lipinski definition) is 2. The largest absolute Gasteiger partial charge is 0.378 e. The first kappa shape index (κ1) is 20.2. The molecule has 0 fully saturated rings. The second kappa shape index (κ2) is 8.09. The van der Waals surface area contributed by atoms with E-state index in [-0.39, 0.29) is 5.56 Å². The summed E-state index contributed by atoms with van der Waals surface area (Å²) in [5.41, 5.74) is 6.19. The number of para-hydroxylation sites is 2. The van der Waals surface area contributed by atoms with E-state index in [0.29, 0.717) is 0 Å². The van der Waals surface area contributed by atoms with Crippen LogP contribution < -0.4 is 10.5 Å². The van der Waals surface area contributed by atoms with Crippen molar-refractivity contribution < 1.29 is 0 Å². The van der Waals surface area contributed by atoms with Gasteiger partial charge in [-0.3, -0.25) is 4.79 Å². The van der Waals surface area contributed by atoms with E-state index in [4.69, 9.17) is 0 Å². The SMILES string of the molecule is CN(C)c1ccc(/C=C/c2c3[s+]c(-c4ccccc4)c(=O)n-3c3ccccc3n2C)cc1. The number of rotatable bonds is 4. The molecule has 5 rings (SSSR count). The lowest BCUT2D eigenvalue weighted by molar-refractivity contribution is 0.900. The quantitative estimate of drug-likeness (QED) is 0.322. The van der Waals surface area contributed by atoms with E-state index in [1.807, 2.05) is 67.2 Å². The molecule has 5 heteroatoms. The van der Waals surface area contributed by atoms with Gasteiger partial charge in [0, 0.05) is 32.4 Å². The lowest BCUT2D eigenvalue weighted by Crippen LogP contribution is -2.18. The molecule has 3 aromatic carbocycles. The summed E-state index contributed by atoms with van der Waals surface area (Å²) in [5.74, 6) is 0. The second-order valence-electron chi connectivity index (χ2n) is 8.00. The van der Waals surface area contributed by atoms with Gasteiger partial charge in [-0.2, -0.15) is 0 Å². The number of benzene rings is 3. The fraction of sp³-hybridized carbons (Fsp3) is 0.111. The van der Waals surface area contributed by atoms with Gasteiger partial charge in [0.25, 0.3) is 11.3 Å². The number of anilines is 1. The van der Waals surface area contributed by atoms with Crippen LogP contribution in [0.5, 0.6) is 0 Å². The lowest BCUT2D eigenvalue weighted by atomic mass is 10.1. The van der Waals surface area contributed by atoms with Crippen LogP contribution in [0.1, 0.15) is 11.3 Å². The second-order valence-corrected chi connectivity index (χ2v) is 8.99. The molecule has 2 aliphatic rings. The molecule has 4 nitrogen and oxygen atoms in total. The van der Waals surface area contributed by atoms with Gasteiger partial charge in [-0.1, -0.05) is 48.5 Å². The van der Waals surface area contributed by atoms with E-state index in [0.717, 1.165) is 43.4 Å². The minimum atomic E-state index is 0.0259. The van der Waals surface area contributed by atoms with Crippen molar-refractivity contribution in [3.8, 4) is 15.4 Å². The van der Waals surface area contributed by atoms with Gasteiger partial charge in [-0.05, 0) is 48.0 Å². The van der Waals surface area contributed by atoms with Crippen molar-refractivity contribution in [1.29, 1.82) is 0 Å². The van der Waals surface area contributed by atoms with Gasteiger partial charge in [-0.15, -0.1) is 0 Å². The fourth-order valence-corrected chi connectivity index (χ4v) is 5.20. The van der Waals surface area contributed by atoms with Crippen LogP contribution in [0, 0.1) is 0 Å². The Morgan fingerprint density at radius 3 is 2.16 bits per heavy atom. The summed E-state index contributed by atoms with van der Waals surface area (Å²) >= 11 is 1.55. The summed E-state index contributed by atoms with van der Waals surface area (Å²) < 4.78 is 4.03. The molecule has 0 atom stereocenters. The molecule has 32 heavy (non-hydrogen) atoms. The zero-order valence-electron chi connectivity index (χ0n) is 18.3. The highest BCUT2D eigenvalue weighted by Gasteiger charge is 2.33. The first-order chi connectivity index (χ1) is 15.5. The zero-order chi connectivity index (χ0) is 22.2. The third kappa shape index (κ3) is 3.41. The van der Waals surface area contributed by atoms with Crippen molar-refractivity contribution in [2.45, 2.75) is 0 Å². The molecule has 0 amide bonds. The van der Waals surface area contributed by atoms with Crippen LogP contribution >= 0.6 is 11.3 Å². The first-order valence-corrected chi connectivity index (χ1v) is 11.3. The molecule has 2 heterocycles. The van der Waals surface area contributed by atoms with Crippen LogP contribution in [0.3, 0.4) is 0 Å². The molecule has 0 radical (unpaired) electrons. The summed E-state index contributed by atoms with van der Waals surface area (Å²) in [7, 11) is 6.13. The minimum Gasteiger partial charge on any atom is -0.378 e. The van der Waals surface area contributed by atoms with Crippen molar-refractivity contribution in [2.24, 2.45) is 7.05 Å². The Kier molecular flexibility index (Phi) is 5.11. The van der Waals surface area contributed by atoms with Crippen molar-refractivity contribution >= 4 is 40.2 Å². The molecular weight excluding hydrogens is 414 g/mol. The van der Waals surface area contributed by atoms with Crippen LogP contribution in [-0.2, 0) is 7.05 Å². The number of nitrogens with zero attached hydrogens (tertiary/aromatic N) is 3. The van der Waals surface area contributed by atoms with E-state index >= 15 is 0 Å². The number of aromatic nitrogens is 2. The van der Waals surface area contributed by atoms with E-state index in [1.165, 1.54) is 0 Å². The normalized spacial score (nSPS) is 11.6. The minimum absolute atomic E-state index is 0.0259. The van der Waals surface area contributed by atoms with Crippen molar-refractivity contribution in [3.05, 3.63) is 100 Å². The molecule has 0 aliphatic carbocycles. The van der Waals surface area contributed by atoms with Gasteiger partial charge < -0.3 is 9.47 Å². The molecule has 0 spiro atoms. The maximum absolute atomic E-state index is 13.5. The van der Waals surface area contributed by atoms with Crippen LogP contribution in [0.2, 0.25) is 0 Å². The third-order valence-electron chi connectivity index (χ3n) is 5.74. The number of fused-ring (bicyclic) bond motifs is 3. The number of aryl methyl sites for hydroxylation is 1. The van der Waals surface area contributed by atoms with Crippen LogP contribution in [-0.4, -0.2) is 23.2 Å². The Morgan fingerprint density at radius 1 is 0.812 bits per heavy atom. The average Bonchev–Trinajstić information content (AvgIpc) is 3.17. The van der Waals surface area contributed by atoms with E-state index in [2.05, 4.69) is 59.0 Å². The highest BCUT2D eigenvalue weighted by molar-refractivity contribution is 7.18. The standard InChI is InChI=1S/C27H24N3OS/c1-28(2)21-16-13-19(14-17-21)15-18-24-27-30(23-12-8-7-11-22(23)29(24)3)26(31)25(32-27)20-9-5-4-6-10-20/h4-18H,1-3H3/q+1/b18-15+. The van der Waals surface area contributed by atoms with Gasteiger partial charge in [0.1, 0.15) is 5.69 Å². The summed E-state index contributed by atoms with van der Waals surface area (Å²) in [6.45, 7) is 0. The first-order valence-electron chi connectivity index (χ1n) is 10.5. The Balaban J connectivity index is 1.72. The van der Waals surface area contributed by atoms with Gasteiger partial charge in [-0.25, -0.2) is 4.57 Å². The number of hydrogen-bond donors (Lipinski definition) is 0.